The van der Waals surface area contributed by atoms with Gasteiger partial charge in [-0.25, -0.2) is 0 Å². The van der Waals surface area contributed by atoms with Crippen LogP contribution in [-0.2, 0) is 11.3 Å². The van der Waals surface area contributed by atoms with Gasteiger partial charge >= 0.3 is 0 Å². The highest BCUT2D eigenvalue weighted by atomic mass is 16.3. The zero-order chi connectivity index (χ0) is 18.1. The number of pyridine rings is 1. The van der Waals surface area contributed by atoms with Crippen LogP contribution in [0.3, 0.4) is 0 Å². The molecule has 0 spiro atoms. The number of nitrogens with zero attached hydrogens (tertiary/aromatic N) is 3. The van der Waals surface area contributed by atoms with E-state index in [1.54, 1.807) is 6.92 Å². The second-order valence-corrected chi connectivity index (χ2v) is 7.75. The van der Waals surface area contributed by atoms with Gasteiger partial charge in [0, 0.05) is 56.5 Å². The first-order valence-electron chi connectivity index (χ1n) is 9.73. The number of nitrogens with one attached hydrogen (secondary N) is 1. The second kappa shape index (κ2) is 7.37. The van der Waals surface area contributed by atoms with Crippen LogP contribution in [0, 0.1) is 0 Å². The molecule has 2 atom stereocenters. The molecule has 0 aromatic carbocycles. The van der Waals surface area contributed by atoms with Gasteiger partial charge in [0.15, 0.2) is 0 Å². The summed E-state index contributed by atoms with van der Waals surface area (Å²) in [6.45, 7) is 5.84. The third-order valence-corrected chi connectivity index (χ3v) is 5.83. The van der Waals surface area contributed by atoms with Crippen molar-refractivity contribution >= 4 is 16.9 Å². The van der Waals surface area contributed by atoms with Crippen molar-refractivity contribution in [2.45, 2.75) is 51.2 Å². The van der Waals surface area contributed by atoms with Gasteiger partial charge in [0.1, 0.15) is 0 Å². The Morgan fingerprint density at radius 1 is 1.31 bits per heavy atom. The Morgan fingerprint density at radius 2 is 2.15 bits per heavy atom. The van der Waals surface area contributed by atoms with E-state index in [9.17, 15) is 9.90 Å². The normalized spacial score (nSPS) is 24.9. The molecule has 140 valence electrons. The molecule has 1 amide bonds. The number of H-pyrrole nitrogens is 1. The summed E-state index contributed by atoms with van der Waals surface area (Å²) >= 11 is 0. The number of piperidine rings is 2. The quantitative estimate of drug-likeness (QED) is 0.885. The molecule has 6 nitrogen and oxygen atoms in total. The molecule has 2 aromatic rings. The van der Waals surface area contributed by atoms with Gasteiger partial charge in [0.05, 0.1) is 17.1 Å². The van der Waals surface area contributed by atoms with E-state index < -0.39 is 0 Å². The Hall–Kier alpha value is -1.92. The fourth-order valence-electron chi connectivity index (χ4n) is 4.50. The molecule has 0 unspecified atom stereocenters. The number of carbonyl (C=O) groups is 1. The number of aliphatic hydroxyl groups is 1. The average molecular weight is 356 g/mol. The largest absolute Gasteiger partial charge is 0.392 e. The highest BCUT2D eigenvalue weighted by Crippen LogP contribution is 2.33. The average Bonchev–Trinajstić information content (AvgIpc) is 3.00. The zero-order valence-electron chi connectivity index (χ0n) is 15.4. The second-order valence-electron chi connectivity index (χ2n) is 7.75. The Labute approximate surface area is 154 Å². The van der Waals surface area contributed by atoms with Crippen LogP contribution in [-0.4, -0.2) is 63.1 Å². The van der Waals surface area contributed by atoms with Crippen molar-refractivity contribution in [3.8, 4) is 0 Å². The molecule has 2 fully saturated rings. The van der Waals surface area contributed by atoms with E-state index in [1.807, 2.05) is 17.2 Å². The van der Waals surface area contributed by atoms with Crippen LogP contribution in [0.25, 0.3) is 11.0 Å². The van der Waals surface area contributed by atoms with Crippen molar-refractivity contribution in [3.05, 3.63) is 29.6 Å². The van der Waals surface area contributed by atoms with Crippen LogP contribution in [0.4, 0.5) is 0 Å². The van der Waals surface area contributed by atoms with E-state index in [-0.39, 0.29) is 12.0 Å². The minimum absolute atomic E-state index is 0.157. The number of rotatable bonds is 3. The van der Waals surface area contributed by atoms with E-state index in [2.05, 4.69) is 20.9 Å². The Kier molecular flexibility index (Phi) is 4.96. The van der Waals surface area contributed by atoms with Gasteiger partial charge in [-0.2, -0.15) is 0 Å². The molecule has 4 rings (SSSR count). The number of hydrogen-bond acceptors (Lipinski definition) is 4. The van der Waals surface area contributed by atoms with Crippen LogP contribution in [0.1, 0.15) is 49.8 Å². The minimum Gasteiger partial charge on any atom is -0.392 e. The van der Waals surface area contributed by atoms with E-state index >= 15 is 0 Å². The number of likely N-dealkylation sites (tertiary alicyclic amines) is 2. The van der Waals surface area contributed by atoms with Gasteiger partial charge in [-0.05, 0) is 44.4 Å². The maximum atomic E-state index is 11.9. The standard InChI is InChI=1S/C20H28N4O2/c1-14(25)24-10-3-5-15(11-24)19-17(13-23-9-4-6-16(26)12-23)20-18(22-19)7-2-8-21-20/h2,7-8,15-16,22,26H,3-6,9-13H2,1H3/t15-,16+/m1/s1. The molecule has 0 radical (unpaired) electrons. The summed E-state index contributed by atoms with van der Waals surface area (Å²) in [5.41, 5.74) is 4.56. The van der Waals surface area contributed by atoms with E-state index in [1.165, 1.54) is 11.3 Å². The molecule has 6 heteroatoms. The van der Waals surface area contributed by atoms with Gasteiger partial charge in [-0.15, -0.1) is 0 Å². The smallest absolute Gasteiger partial charge is 0.219 e. The summed E-state index contributed by atoms with van der Waals surface area (Å²) in [4.78, 5) is 24.4. The molecule has 26 heavy (non-hydrogen) atoms. The maximum Gasteiger partial charge on any atom is 0.219 e. The summed E-state index contributed by atoms with van der Waals surface area (Å²) < 4.78 is 0. The Bertz CT molecular complexity index is 787. The summed E-state index contributed by atoms with van der Waals surface area (Å²) in [5, 5.41) is 10.0. The van der Waals surface area contributed by atoms with Crippen LogP contribution >= 0.6 is 0 Å². The molecule has 2 aliphatic heterocycles. The fraction of sp³-hybridized carbons (Fsp3) is 0.600. The minimum atomic E-state index is -0.228. The summed E-state index contributed by atoms with van der Waals surface area (Å²) in [6.07, 6.45) is 5.67. The monoisotopic (exact) mass is 356 g/mol. The van der Waals surface area contributed by atoms with Crippen molar-refractivity contribution in [3.63, 3.8) is 0 Å². The number of amides is 1. The molecule has 2 aromatic heterocycles. The number of fused-ring (bicyclic) bond motifs is 1. The molecular weight excluding hydrogens is 328 g/mol. The topological polar surface area (TPSA) is 72.5 Å². The molecule has 2 aliphatic rings. The number of aromatic amines is 1. The van der Waals surface area contributed by atoms with Gasteiger partial charge in [0.25, 0.3) is 0 Å². The number of aliphatic hydroxyl groups excluding tert-OH is 1. The van der Waals surface area contributed by atoms with Gasteiger partial charge in [-0.3, -0.25) is 14.7 Å². The van der Waals surface area contributed by atoms with E-state index in [0.717, 1.165) is 69.4 Å². The first kappa shape index (κ1) is 17.5. The van der Waals surface area contributed by atoms with Crippen molar-refractivity contribution in [2.24, 2.45) is 0 Å². The fourth-order valence-corrected chi connectivity index (χ4v) is 4.50. The highest BCUT2D eigenvalue weighted by molar-refractivity contribution is 5.80. The van der Waals surface area contributed by atoms with Gasteiger partial charge < -0.3 is 15.0 Å². The molecule has 0 aliphatic carbocycles. The summed E-state index contributed by atoms with van der Waals surface area (Å²) in [6, 6.07) is 4.03. The molecule has 4 heterocycles. The lowest BCUT2D eigenvalue weighted by Gasteiger charge is -2.33. The summed E-state index contributed by atoms with van der Waals surface area (Å²) in [5.74, 6) is 0.483. The molecule has 0 saturated carbocycles. The Morgan fingerprint density at radius 3 is 2.96 bits per heavy atom. The summed E-state index contributed by atoms with van der Waals surface area (Å²) in [7, 11) is 0. The van der Waals surface area contributed by atoms with Crippen LogP contribution < -0.4 is 0 Å². The van der Waals surface area contributed by atoms with Crippen molar-refractivity contribution in [2.75, 3.05) is 26.2 Å². The van der Waals surface area contributed by atoms with Gasteiger partial charge in [0.2, 0.25) is 5.91 Å². The molecule has 2 saturated heterocycles. The lowest BCUT2D eigenvalue weighted by molar-refractivity contribution is -0.130. The first-order chi connectivity index (χ1) is 12.6. The molecule has 2 N–H and O–H groups in total. The number of carbonyl (C=O) groups excluding carboxylic acids is 1. The van der Waals surface area contributed by atoms with Crippen LogP contribution in [0.5, 0.6) is 0 Å². The van der Waals surface area contributed by atoms with Crippen molar-refractivity contribution in [1.82, 2.24) is 19.8 Å². The first-order valence-corrected chi connectivity index (χ1v) is 9.73. The third kappa shape index (κ3) is 3.48. The molecular formula is C20H28N4O2. The molecule has 0 bridgehead atoms. The predicted octanol–water partition coefficient (Wildman–Crippen LogP) is 2.25. The SMILES string of the molecule is CC(=O)N1CCC[C@@H](c2[nH]c3cccnc3c2CN2CCC[C@H](O)C2)C1. The zero-order valence-corrected chi connectivity index (χ0v) is 15.4. The number of aromatic nitrogens is 2. The van der Waals surface area contributed by atoms with Crippen LogP contribution in [0.2, 0.25) is 0 Å². The maximum absolute atomic E-state index is 11.9. The van der Waals surface area contributed by atoms with E-state index in [0.29, 0.717) is 5.92 Å². The number of hydrogen-bond donors (Lipinski definition) is 2. The lowest BCUT2D eigenvalue weighted by Crippen LogP contribution is -2.39. The van der Waals surface area contributed by atoms with Crippen molar-refractivity contribution < 1.29 is 9.90 Å². The third-order valence-electron chi connectivity index (χ3n) is 5.83. The number of β-amino-alcohol motifs (C(OH)–C–C–N with tert-alkyl or cyclic N) is 1. The van der Waals surface area contributed by atoms with Crippen molar-refractivity contribution in [1.29, 1.82) is 0 Å². The lowest BCUT2D eigenvalue weighted by atomic mass is 9.92. The van der Waals surface area contributed by atoms with E-state index in [4.69, 9.17) is 0 Å². The highest BCUT2D eigenvalue weighted by Gasteiger charge is 2.28. The Balaban J connectivity index is 1.66. The van der Waals surface area contributed by atoms with Crippen LogP contribution in [0.15, 0.2) is 18.3 Å². The predicted molar refractivity (Wildman–Crippen MR) is 101 cm³/mol. The van der Waals surface area contributed by atoms with Gasteiger partial charge in [-0.1, -0.05) is 0 Å².